The number of aryl methyl sites for hydroxylation is 1. The van der Waals surface area contributed by atoms with Gasteiger partial charge in [-0.2, -0.15) is 4.31 Å². The average molecular weight is 401 g/mol. The van der Waals surface area contributed by atoms with Gasteiger partial charge in [0.25, 0.3) is 10.0 Å². The van der Waals surface area contributed by atoms with Gasteiger partial charge in [-0.25, -0.2) is 16.8 Å². The molecule has 0 unspecified atom stereocenters. The van der Waals surface area contributed by atoms with Gasteiger partial charge < -0.3 is 0 Å². The Morgan fingerprint density at radius 1 is 1.04 bits per heavy atom. The van der Waals surface area contributed by atoms with Crippen LogP contribution in [-0.4, -0.2) is 34.2 Å². The second kappa shape index (κ2) is 7.06. The molecule has 2 aromatic rings. The topological polar surface area (TPSA) is 83.5 Å². The van der Waals surface area contributed by atoms with E-state index in [0.717, 1.165) is 30.6 Å². The first-order chi connectivity index (χ1) is 11.8. The summed E-state index contributed by atoms with van der Waals surface area (Å²) in [7, 11) is -7.33. The number of rotatable bonds is 5. The molecule has 9 heteroatoms. The van der Waals surface area contributed by atoms with Crippen molar-refractivity contribution in [3.05, 3.63) is 41.3 Å². The van der Waals surface area contributed by atoms with Gasteiger partial charge in [0.1, 0.15) is 4.21 Å². The molecule has 0 spiro atoms. The van der Waals surface area contributed by atoms with Gasteiger partial charge in [0.05, 0.1) is 10.6 Å². The van der Waals surface area contributed by atoms with Gasteiger partial charge in [-0.15, -0.1) is 11.3 Å². The molecule has 1 N–H and O–H groups in total. The minimum Gasteiger partial charge on any atom is -0.279 e. The molecule has 1 fully saturated rings. The van der Waals surface area contributed by atoms with E-state index in [1.54, 1.807) is 30.5 Å². The highest BCUT2D eigenvalue weighted by Gasteiger charge is 2.28. The van der Waals surface area contributed by atoms with Crippen LogP contribution >= 0.6 is 11.3 Å². The fourth-order valence-electron chi connectivity index (χ4n) is 2.81. The van der Waals surface area contributed by atoms with Crippen LogP contribution in [0.3, 0.4) is 0 Å². The molecule has 2 heterocycles. The average Bonchev–Trinajstić information content (AvgIpc) is 3.13. The first kappa shape index (κ1) is 18.4. The maximum absolute atomic E-state index is 12.9. The van der Waals surface area contributed by atoms with Crippen molar-refractivity contribution in [1.82, 2.24) is 4.31 Å². The monoisotopic (exact) mass is 400 g/mol. The molecule has 0 atom stereocenters. The third-order valence-corrected chi connectivity index (χ3v) is 8.95. The molecule has 0 radical (unpaired) electrons. The van der Waals surface area contributed by atoms with E-state index < -0.39 is 20.0 Å². The Labute approximate surface area is 152 Å². The SMILES string of the molecule is Cc1ccc(NS(=O)(=O)c2cccs2)cc1S(=O)(=O)N1CCCCC1. The Morgan fingerprint density at radius 2 is 1.76 bits per heavy atom. The summed E-state index contributed by atoms with van der Waals surface area (Å²) in [5.41, 5.74) is 0.847. The van der Waals surface area contributed by atoms with E-state index in [9.17, 15) is 16.8 Å². The van der Waals surface area contributed by atoms with E-state index in [-0.39, 0.29) is 14.8 Å². The van der Waals surface area contributed by atoms with Crippen LogP contribution in [0.2, 0.25) is 0 Å². The molecule has 1 aromatic carbocycles. The van der Waals surface area contributed by atoms with Crippen LogP contribution in [0, 0.1) is 6.92 Å². The van der Waals surface area contributed by atoms with Crippen molar-refractivity contribution in [2.45, 2.75) is 35.3 Å². The van der Waals surface area contributed by atoms with Crippen LogP contribution in [0.5, 0.6) is 0 Å². The molecule has 6 nitrogen and oxygen atoms in total. The Balaban J connectivity index is 1.93. The van der Waals surface area contributed by atoms with Crippen LogP contribution < -0.4 is 4.72 Å². The summed E-state index contributed by atoms with van der Waals surface area (Å²) in [6, 6.07) is 7.77. The summed E-state index contributed by atoms with van der Waals surface area (Å²) in [4.78, 5) is 0.153. The Bertz CT molecular complexity index is 945. The molecule has 1 aromatic heterocycles. The number of hydrogen-bond acceptors (Lipinski definition) is 5. The molecule has 0 saturated carbocycles. The summed E-state index contributed by atoms with van der Waals surface area (Å²) in [5, 5.41) is 1.68. The van der Waals surface area contributed by atoms with Gasteiger partial charge in [0.15, 0.2) is 0 Å². The number of sulfonamides is 2. The number of thiophene rings is 1. The third kappa shape index (κ3) is 3.89. The number of hydrogen-bond donors (Lipinski definition) is 1. The Morgan fingerprint density at radius 3 is 2.40 bits per heavy atom. The van der Waals surface area contributed by atoms with Gasteiger partial charge in [0.2, 0.25) is 10.0 Å². The number of nitrogens with one attached hydrogen (secondary N) is 1. The Kier molecular flexibility index (Phi) is 5.19. The number of piperidine rings is 1. The molecule has 1 saturated heterocycles. The Hall–Kier alpha value is -1.42. The fourth-order valence-corrected chi connectivity index (χ4v) is 6.62. The quantitative estimate of drug-likeness (QED) is 0.836. The fraction of sp³-hybridized carbons (Fsp3) is 0.375. The van der Waals surface area contributed by atoms with E-state index in [2.05, 4.69) is 4.72 Å². The molecule has 0 bridgehead atoms. The van der Waals surface area contributed by atoms with Crippen LogP contribution in [0.25, 0.3) is 0 Å². The van der Waals surface area contributed by atoms with Crippen LogP contribution in [0.1, 0.15) is 24.8 Å². The van der Waals surface area contributed by atoms with Gasteiger partial charge in [0, 0.05) is 13.1 Å². The lowest BCUT2D eigenvalue weighted by Gasteiger charge is -2.26. The molecular weight excluding hydrogens is 380 g/mol. The first-order valence-electron chi connectivity index (χ1n) is 7.98. The highest BCUT2D eigenvalue weighted by molar-refractivity contribution is 7.94. The zero-order chi connectivity index (χ0) is 18.1. The van der Waals surface area contributed by atoms with E-state index >= 15 is 0 Å². The lowest BCUT2D eigenvalue weighted by atomic mass is 10.2. The highest BCUT2D eigenvalue weighted by Crippen LogP contribution is 2.27. The molecule has 25 heavy (non-hydrogen) atoms. The lowest BCUT2D eigenvalue weighted by Crippen LogP contribution is -2.36. The van der Waals surface area contributed by atoms with Crippen molar-refractivity contribution in [1.29, 1.82) is 0 Å². The van der Waals surface area contributed by atoms with E-state index in [1.165, 1.54) is 16.4 Å². The number of anilines is 1. The highest BCUT2D eigenvalue weighted by atomic mass is 32.2. The van der Waals surface area contributed by atoms with Crippen molar-refractivity contribution < 1.29 is 16.8 Å². The van der Waals surface area contributed by atoms with Gasteiger partial charge in [-0.3, -0.25) is 4.72 Å². The van der Waals surface area contributed by atoms with Crippen molar-refractivity contribution >= 4 is 37.1 Å². The molecule has 1 aliphatic heterocycles. The first-order valence-corrected chi connectivity index (χ1v) is 11.8. The van der Waals surface area contributed by atoms with E-state index in [0.29, 0.717) is 18.7 Å². The maximum Gasteiger partial charge on any atom is 0.271 e. The van der Waals surface area contributed by atoms with Crippen molar-refractivity contribution in [3.63, 3.8) is 0 Å². The predicted octanol–water partition coefficient (Wildman–Crippen LogP) is 3.03. The third-order valence-electron chi connectivity index (χ3n) is 4.13. The summed E-state index contributed by atoms with van der Waals surface area (Å²) < 4.78 is 54.6. The lowest BCUT2D eigenvalue weighted by molar-refractivity contribution is 0.346. The minimum atomic E-state index is -3.71. The summed E-state index contributed by atoms with van der Waals surface area (Å²) >= 11 is 1.11. The standard InChI is InChI=1S/C16H20N2O4S3/c1-13-7-8-14(17-24(19,20)16-6-5-11-23-16)12-15(13)25(21,22)18-9-3-2-4-10-18/h5-8,11-12,17H,2-4,9-10H2,1H3. The molecular formula is C16H20N2O4S3. The minimum absolute atomic E-state index is 0.153. The second-order valence-electron chi connectivity index (χ2n) is 5.98. The van der Waals surface area contributed by atoms with Gasteiger partial charge in [-0.05, 0) is 48.9 Å². The van der Waals surface area contributed by atoms with Crippen LogP contribution in [-0.2, 0) is 20.0 Å². The maximum atomic E-state index is 12.9. The summed E-state index contributed by atoms with van der Waals surface area (Å²) in [6.45, 7) is 2.73. The zero-order valence-corrected chi connectivity index (χ0v) is 16.3. The molecule has 136 valence electrons. The normalized spacial score (nSPS) is 16.7. The van der Waals surface area contributed by atoms with Crippen LogP contribution in [0.15, 0.2) is 44.8 Å². The predicted molar refractivity (Wildman–Crippen MR) is 98.9 cm³/mol. The van der Waals surface area contributed by atoms with E-state index in [1.807, 2.05) is 0 Å². The number of benzene rings is 1. The largest absolute Gasteiger partial charge is 0.279 e. The van der Waals surface area contributed by atoms with Crippen LogP contribution in [0.4, 0.5) is 5.69 Å². The molecule has 3 rings (SSSR count). The van der Waals surface area contributed by atoms with Crippen molar-refractivity contribution in [2.75, 3.05) is 17.8 Å². The number of nitrogens with zero attached hydrogens (tertiary/aromatic N) is 1. The molecule has 0 aliphatic carbocycles. The van der Waals surface area contributed by atoms with Gasteiger partial charge in [-0.1, -0.05) is 18.6 Å². The van der Waals surface area contributed by atoms with Crippen molar-refractivity contribution in [2.24, 2.45) is 0 Å². The summed E-state index contributed by atoms with van der Waals surface area (Å²) in [5.74, 6) is 0. The zero-order valence-electron chi connectivity index (χ0n) is 13.8. The smallest absolute Gasteiger partial charge is 0.271 e. The van der Waals surface area contributed by atoms with Gasteiger partial charge >= 0.3 is 0 Å². The van der Waals surface area contributed by atoms with Crippen molar-refractivity contribution in [3.8, 4) is 0 Å². The molecule has 1 aliphatic rings. The second-order valence-corrected chi connectivity index (χ2v) is 10.7. The summed E-state index contributed by atoms with van der Waals surface area (Å²) in [6.07, 6.45) is 2.73. The van der Waals surface area contributed by atoms with E-state index in [4.69, 9.17) is 0 Å². The molecule has 0 amide bonds.